The van der Waals surface area contributed by atoms with Crippen molar-refractivity contribution >= 4 is 15.7 Å². The minimum atomic E-state index is -3.03. The van der Waals surface area contributed by atoms with Crippen LogP contribution in [0.15, 0.2) is 36.4 Å². The van der Waals surface area contributed by atoms with E-state index < -0.39 is 9.84 Å². The average Bonchev–Trinajstić information content (AvgIpc) is 3.09. The van der Waals surface area contributed by atoms with Gasteiger partial charge in [-0.25, -0.2) is 13.1 Å². The highest BCUT2D eigenvalue weighted by atomic mass is 32.2. The Morgan fingerprint density at radius 3 is 2.61 bits per heavy atom. The van der Waals surface area contributed by atoms with E-state index in [1.54, 1.807) is 17.8 Å². The number of amides is 1. The number of para-hydroxylation sites is 1. The van der Waals surface area contributed by atoms with Crippen LogP contribution in [-0.4, -0.2) is 53.6 Å². The van der Waals surface area contributed by atoms with Gasteiger partial charge >= 0.3 is 0 Å². The summed E-state index contributed by atoms with van der Waals surface area (Å²) >= 11 is 0. The van der Waals surface area contributed by atoms with Gasteiger partial charge in [-0.3, -0.25) is 4.79 Å². The molecule has 1 aromatic carbocycles. The van der Waals surface area contributed by atoms with Gasteiger partial charge in [0.2, 0.25) is 0 Å². The summed E-state index contributed by atoms with van der Waals surface area (Å²) in [6.07, 6.45) is 0.489. The minimum Gasteiger partial charge on any atom is -0.336 e. The fraction of sp³-hybridized carbons (Fsp3) is 0.375. The molecule has 1 aliphatic rings. The van der Waals surface area contributed by atoms with Gasteiger partial charge in [0, 0.05) is 13.1 Å². The molecule has 0 bridgehead atoms. The average molecular weight is 333 g/mol. The van der Waals surface area contributed by atoms with Crippen molar-refractivity contribution in [3.05, 3.63) is 47.8 Å². The third kappa shape index (κ3) is 3.14. The summed E-state index contributed by atoms with van der Waals surface area (Å²) in [6.45, 7) is 1.83. The van der Waals surface area contributed by atoms with Crippen molar-refractivity contribution < 1.29 is 13.2 Å². The van der Waals surface area contributed by atoms with Gasteiger partial charge in [0.15, 0.2) is 9.84 Å². The van der Waals surface area contributed by atoms with Crippen molar-refractivity contribution in [2.45, 2.75) is 19.4 Å². The molecule has 0 saturated carbocycles. The first-order valence-electron chi connectivity index (χ1n) is 7.47. The fourth-order valence-corrected chi connectivity index (χ4v) is 4.62. The predicted molar refractivity (Wildman–Crippen MR) is 87.5 cm³/mol. The lowest BCUT2D eigenvalue weighted by molar-refractivity contribution is 0.0738. The Morgan fingerprint density at radius 2 is 2.00 bits per heavy atom. The number of benzene rings is 1. The molecule has 23 heavy (non-hydrogen) atoms. The zero-order chi connectivity index (χ0) is 16.6. The molecule has 1 fully saturated rings. The first-order valence-corrected chi connectivity index (χ1v) is 9.29. The van der Waals surface area contributed by atoms with Crippen LogP contribution in [0.25, 0.3) is 5.69 Å². The molecular formula is C16H19N3O3S. The highest BCUT2D eigenvalue weighted by Crippen LogP contribution is 2.20. The second kappa shape index (κ2) is 5.81. The van der Waals surface area contributed by atoms with E-state index in [2.05, 4.69) is 5.10 Å². The number of sulfone groups is 1. The van der Waals surface area contributed by atoms with E-state index in [0.29, 0.717) is 12.1 Å². The van der Waals surface area contributed by atoms with Crippen LogP contribution in [0.2, 0.25) is 0 Å². The second-order valence-corrected chi connectivity index (χ2v) is 8.12. The largest absolute Gasteiger partial charge is 0.336 e. The molecule has 1 aromatic heterocycles. The van der Waals surface area contributed by atoms with Crippen molar-refractivity contribution in [3.63, 3.8) is 0 Å². The number of nitrogens with zero attached hydrogens (tertiary/aromatic N) is 3. The van der Waals surface area contributed by atoms with E-state index >= 15 is 0 Å². The van der Waals surface area contributed by atoms with Crippen molar-refractivity contribution in [3.8, 4) is 5.69 Å². The minimum absolute atomic E-state index is 0.0354. The molecule has 1 aliphatic heterocycles. The first kappa shape index (κ1) is 15.7. The van der Waals surface area contributed by atoms with Crippen LogP contribution in [0.4, 0.5) is 0 Å². The van der Waals surface area contributed by atoms with Crippen LogP contribution in [0.5, 0.6) is 0 Å². The Hall–Kier alpha value is -2.15. The summed E-state index contributed by atoms with van der Waals surface area (Å²) in [5.41, 5.74) is 1.99. The Labute approximate surface area is 135 Å². The molecule has 2 aromatic rings. The van der Waals surface area contributed by atoms with Gasteiger partial charge in [0.1, 0.15) is 5.69 Å². The van der Waals surface area contributed by atoms with Gasteiger partial charge in [0.25, 0.3) is 5.91 Å². The lowest BCUT2D eigenvalue weighted by Crippen LogP contribution is -2.38. The van der Waals surface area contributed by atoms with Crippen LogP contribution in [-0.2, 0) is 9.84 Å². The molecular weight excluding hydrogens is 314 g/mol. The third-order valence-corrected chi connectivity index (χ3v) is 5.88. The maximum atomic E-state index is 12.8. The molecule has 1 atom stereocenters. The van der Waals surface area contributed by atoms with Gasteiger partial charge in [0.05, 0.1) is 22.9 Å². The van der Waals surface area contributed by atoms with Crippen molar-refractivity contribution in [1.82, 2.24) is 14.7 Å². The molecule has 122 valence electrons. The fourth-order valence-electron chi connectivity index (χ4n) is 2.85. The normalized spacial score (nSPS) is 19.7. The molecule has 6 nitrogen and oxygen atoms in total. The molecule has 0 radical (unpaired) electrons. The van der Waals surface area contributed by atoms with Crippen LogP contribution in [0.1, 0.15) is 22.6 Å². The van der Waals surface area contributed by atoms with E-state index in [4.69, 9.17) is 0 Å². The van der Waals surface area contributed by atoms with Gasteiger partial charge in [-0.2, -0.15) is 5.10 Å². The Morgan fingerprint density at radius 1 is 1.30 bits per heavy atom. The second-order valence-electron chi connectivity index (χ2n) is 5.89. The number of carbonyl (C=O) groups excluding carboxylic acids is 1. The Balaban J connectivity index is 1.91. The summed E-state index contributed by atoms with van der Waals surface area (Å²) in [5, 5.41) is 4.39. The molecule has 7 heteroatoms. The van der Waals surface area contributed by atoms with Gasteiger partial charge in [-0.1, -0.05) is 18.2 Å². The lowest BCUT2D eigenvalue weighted by atomic mass is 10.2. The van der Waals surface area contributed by atoms with Crippen LogP contribution < -0.4 is 0 Å². The summed E-state index contributed by atoms with van der Waals surface area (Å²) < 4.78 is 24.9. The summed E-state index contributed by atoms with van der Waals surface area (Å²) in [5.74, 6) is -0.0310. The Bertz CT molecular complexity index is 828. The SMILES string of the molecule is Cc1cc(C(=O)N(C)C2CCS(=O)(=O)C2)n(-c2ccccc2)n1. The predicted octanol–water partition coefficient (Wildman–Crippen LogP) is 1.44. The molecule has 1 amide bonds. The molecule has 1 unspecified atom stereocenters. The van der Waals surface area contributed by atoms with Crippen molar-refractivity contribution in [2.75, 3.05) is 18.6 Å². The number of hydrogen-bond donors (Lipinski definition) is 0. The topological polar surface area (TPSA) is 72.3 Å². The summed E-state index contributed by atoms with van der Waals surface area (Å²) in [4.78, 5) is 14.3. The number of carbonyl (C=O) groups is 1. The van der Waals surface area contributed by atoms with E-state index in [9.17, 15) is 13.2 Å². The van der Waals surface area contributed by atoms with E-state index in [1.165, 1.54) is 4.90 Å². The van der Waals surface area contributed by atoms with Gasteiger partial charge in [-0.05, 0) is 31.5 Å². The first-order chi connectivity index (χ1) is 10.9. The van der Waals surface area contributed by atoms with Crippen LogP contribution in [0.3, 0.4) is 0 Å². The van der Waals surface area contributed by atoms with Crippen LogP contribution in [0, 0.1) is 6.92 Å². The third-order valence-electron chi connectivity index (χ3n) is 4.13. The summed E-state index contributed by atoms with van der Waals surface area (Å²) in [6, 6.07) is 10.9. The Kier molecular flexibility index (Phi) is 3.97. The van der Waals surface area contributed by atoms with Crippen molar-refractivity contribution in [1.29, 1.82) is 0 Å². The summed E-state index contributed by atoms with van der Waals surface area (Å²) in [7, 11) is -1.37. The van der Waals surface area contributed by atoms with Crippen molar-refractivity contribution in [2.24, 2.45) is 0 Å². The maximum Gasteiger partial charge on any atom is 0.272 e. The zero-order valence-corrected chi connectivity index (χ0v) is 14.0. The van der Waals surface area contributed by atoms with Crippen LogP contribution >= 0.6 is 0 Å². The number of aromatic nitrogens is 2. The lowest BCUT2D eigenvalue weighted by Gasteiger charge is -2.23. The molecule has 0 spiro atoms. The quantitative estimate of drug-likeness (QED) is 0.852. The molecule has 0 aliphatic carbocycles. The standard InChI is InChI=1S/C16H19N3O3S/c1-12-10-15(19(17-12)13-6-4-3-5-7-13)16(20)18(2)14-8-9-23(21,22)11-14/h3-7,10,14H,8-9,11H2,1-2H3. The molecule has 3 rings (SSSR count). The zero-order valence-electron chi connectivity index (χ0n) is 13.1. The monoisotopic (exact) mass is 333 g/mol. The number of hydrogen-bond acceptors (Lipinski definition) is 4. The molecule has 1 saturated heterocycles. The number of rotatable bonds is 3. The smallest absolute Gasteiger partial charge is 0.272 e. The highest BCUT2D eigenvalue weighted by molar-refractivity contribution is 7.91. The van der Waals surface area contributed by atoms with Gasteiger partial charge < -0.3 is 4.90 Å². The maximum absolute atomic E-state index is 12.8. The van der Waals surface area contributed by atoms with E-state index in [1.807, 2.05) is 37.3 Å². The van der Waals surface area contributed by atoms with E-state index in [-0.39, 0.29) is 23.5 Å². The molecule has 2 heterocycles. The highest BCUT2D eigenvalue weighted by Gasteiger charge is 2.34. The number of aryl methyl sites for hydroxylation is 1. The van der Waals surface area contributed by atoms with Gasteiger partial charge in [-0.15, -0.1) is 0 Å². The van der Waals surface area contributed by atoms with E-state index in [0.717, 1.165) is 11.4 Å². The molecule has 0 N–H and O–H groups in total.